The number of nitrogens with zero attached hydrogens (tertiary/aromatic N) is 3. The molecule has 1 aromatic carbocycles. The predicted molar refractivity (Wildman–Crippen MR) is 76.5 cm³/mol. The average Bonchev–Trinajstić information content (AvgIpc) is 2.87. The molecule has 20 heavy (non-hydrogen) atoms. The van der Waals surface area contributed by atoms with E-state index in [4.69, 9.17) is 16.0 Å². The lowest BCUT2D eigenvalue weighted by molar-refractivity contribution is 0.432. The van der Waals surface area contributed by atoms with E-state index >= 15 is 0 Å². The first-order valence-electron chi connectivity index (χ1n) is 6.04. The molecule has 2 aromatic heterocycles. The number of benzene rings is 1. The van der Waals surface area contributed by atoms with Crippen molar-refractivity contribution >= 4 is 11.4 Å². The van der Waals surface area contributed by atoms with Crippen LogP contribution in [0.1, 0.15) is 5.56 Å². The van der Waals surface area contributed by atoms with Crippen LogP contribution < -0.4 is 11.5 Å². The van der Waals surface area contributed by atoms with Gasteiger partial charge in [-0.25, -0.2) is 0 Å². The zero-order chi connectivity index (χ0) is 14.1. The van der Waals surface area contributed by atoms with E-state index in [1.165, 1.54) is 0 Å². The quantitative estimate of drug-likeness (QED) is 0.690. The summed E-state index contributed by atoms with van der Waals surface area (Å²) < 4.78 is 5.28. The third-order valence-corrected chi connectivity index (χ3v) is 2.91. The fourth-order valence-corrected chi connectivity index (χ4v) is 1.97. The van der Waals surface area contributed by atoms with Crippen LogP contribution in [0.5, 0.6) is 0 Å². The number of pyridine rings is 1. The molecule has 2 heterocycles. The highest BCUT2D eigenvalue weighted by atomic mass is 16.5. The Kier molecular flexibility index (Phi) is 2.83. The largest absolute Gasteiger partial charge is 0.399 e. The summed E-state index contributed by atoms with van der Waals surface area (Å²) in [5, 5.41) is 3.99. The average molecular weight is 267 g/mol. The summed E-state index contributed by atoms with van der Waals surface area (Å²) in [5.74, 6) is 0.899. The van der Waals surface area contributed by atoms with Crippen LogP contribution >= 0.6 is 0 Å². The van der Waals surface area contributed by atoms with Gasteiger partial charge in [-0.15, -0.1) is 0 Å². The summed E-state index contributed by atoms with van der Waals surface area (Å²) in [6.45, 7) is 1.94. The molecule has 0 spiro atoms. The van der Waals surface area contributed by atoms with Crippen molar-refractivity contribution in [3.63, 3.8) is 0 Å². The molecular weight excluding hydrogens is 254 g/mol. The van der Waals surface area contributed by atoms with Crippen LogP contribution in [0.15, 0.2) is 41.2 Å². The Morgan fingerprint density at radius 2 is 1.85 bits per heavy atom. The molecule has 0 aliphatic heterocycles. The van der Waals surface area contributed by atoms with Gasteiger partial charge in [0.2, 0.25) is 5.82 Å². The molecule has 0 atom stereocenters. The molecular formula is C14H13N5O. The molecule has 3 rings (SSSR count). The SMILES string of the molecule is Cc1cnccc1-c1noc(-c2cc(N)cc(N)c2)n1. The summed E-state index contributed by atoms with van der Waals surface area (Å²) in [6, 6.07) is 7.01. The van der Waals surface area contributed by atoms with Crippen molar-refractivity contribution in [2.45, 2.75) is 6.92 Å². The van der Waals surface area contributed by atoms with E-state index in [0.717, 1.165) is 11.1 Å². The van der Waals surface area contributed by atoms with Gasteiger partial charge in [0.15, 0.2) is 0 Å². The van der Waals surface area contributed by atoms with Crippen LogP contribution in [0.3, 0.4) is 0 Å². The molecule has 0 saturated heterocycles. The van der Waals surface area contributed by atoms with Crippen molar-refractivity contribution in [2.75, 3.05) is 11.5 Å². The highest BCUT2D eigenvalue weighted by molar-refractivity contribution is 5.68. The second kappa shape index (κ2) is 4.65. The number of rotatable bonds is 2. The Labute approximate surface area is 115 Å². The fourth-order valence-electron chi connectivity index (χ4n) is 1.97. The number of nitrogen functional groups attached to an aromatic ring is 2. The Balaban J connectivity index is 2.04. The monoisotopic (exact) mass is 267 g/mol. The fraction of sp³-hybridized carbons (Fsp3) is 0.0714. The van der Waals surface area contributed by atoms with E-state index in [2.05, 4.69) is 15.1 Å². The topological polar surface area (TPSA) is 104 Å². The number of anilines is 2. The molecule has 6 nitrogen and oxygen atoms in total. The molecule has 0 radical (unpaired) electrons. The van der Waals surface area contributed by atoms with E-state index < -0.39 is 0 Å². The Morgan fingerprint density at radius 1 is 1.10 bits per heavy atom. The molecule has 100 valence electrons. The van der Waals surface area contributed by atoms with E-state index in [1.54, 1.807) is 30.6 Å². The summed E-state index contributed by atoms with van der Waals surface area (Å²) in [7, 11) is 0. The minimum Gasteiger partial charge on any atom is -0.399 e. The first-order valence-corrected chi connectivity index (χ1v) is 6.04. The zero-order valence-corrected chi connectivity index (χ0v) is 10.9. The highest BCUT2D eigenvalue weighted by Gasteiger charge is 2.13. The van der Waals surface area contributed by atoms with Gasteiger partial charge in [0.1, 0.15) is 0 Å². The summed E-state index contributed by atoms with van der Waals surface area (Å²) in [6.07, 6.45) is 3.45. The first kappa shape index (κ1) is 12.2. The van der Waals surface area contributed by atoms with E-state index in [1.807, 2.05) is 13.0 Å². The van der Waals surface area contributed by atoms with Crippen molar-refractivity contribution < 1.29 is 4.52 Å². The summed E-state index contributed by atoms with van der Waals surface area (Å²) in [4.78, 5) is 8.42. The van der Waals surface area contributed by atoms with E-state index in [9.17, 15) is 0 Å². The van der Waals surface area contributed by atoms with Crippen molar-refractivity contribution in [1.82, 2.24) is 15.1 Å². The standard InChI is InChI=1S/C14H13N5O/c1-8-7-17-3-2-12(8)13-18-14(20-19-13)9-4-10(15)6-11(16)5-9/h2-7H,15-16H2,1H3. The van der Waals surface area contributed by atoms with Crippen LogP contribution in [-0.2, 0) is 0 Å². The van der Waals surface area contributed by atoms with Crippen LogP contribution in [0.2, 0.25) is 0 Å². The summed E-state index contributed by atoms with van der Waals surface area (Å²) >= 11 is 0. The van der Waals surface area contributed by atoms with Gasteiger partial charge in [0.05, 0.1) is 0 Å². The first-order chi connectivity index (χ1) is 9.63. The second-order valence-electron chi connectivity index (χ2n) is 4.50. The maximum absolute atomic E-state index is 5.76. The van der Waals surface area contributed by atoms with Gasteiger partial charge in [-0.1, -0.05) is 5.16 Å². The molecule has 6 heteroatoms. The van der Waals surface area contributed by atoms with Crippen molar-refractivity contribution in [3.8, 4) is 22.8 Å². The molecule has 3 aromatic rings. The third-order valence-electron chi connectivity index (χ3n) is 2.91. The van der Waals surface area contributed by atoms with Gasteiger partial charge < -0.3 is 16.0 Å². The van der Waals surface area contributed by atoms with Gasteiger partial charge in [-0.05, 0) is 36.8 Å². The second-order valence-corrected chi connectivity index (χ2v) is 4.50. The highest BCUT2D eigenvalue weighted by Crippen LogP contribution is 2.26. The normalized spacial score (nSPS) is 10.7. The van der Waals surface area contributed by atoms with Gasteiger partial charge in [-0.2, -0.15) is 4.98 Å². The lowest BCUT2D eigenvalue weighted by Gasteiger charge is -2.00. The number of aromatic nitrogens is 3. The Hall–Kier alpha value is -2.89. The lowest BCUT2D eigenvalue weighted by Crippen LogP contribution is -1.91. The number of aryl methyl sites for hydroxylation is 1. The van der Waals surface area contributed by atoms with Crippen LogP contribution in [-0.4, -0.2) is 15.1 Å². The zero-order valence-electron chi connectivity index (χ0n) is 10.9. The Morgan fingerprint density at radius 3 is 2.55 bits per heavy atom. The number of hydrogen-bond acceptors (Lipinski definition) is 6. The van der Waals surface area contributed by atoms with Crippen LogP contribution in [0, 0.1) is 6.92 Å². The minimum absolute atomic E-state index is 0.384. The molecule has 0 amide bonds. The third kappa shape index (κ3) is 2.18. The van der Waals surface area contributed by atoms with Crippen LogP contribution in [0.25, 0.3) is 22.8 Å². The van der Waals surface area contributed by atoms with Gasteiger partial charge in [-0.3, -0.25) is 4.98 Å². The van der Waals surface area contributed by atoms with Gasteiger partial charge in [0, 0.05) is 34.9 Å². The van der Waals surface area contributed by atoms with Crippen molar-refractivity contribution in [3.05, 3.63) is 42.2 Å². The molecule has 0 fully saturated rings. The minimum atomic E-state index is 0.384. The molecule has 4 N–H and O–H groups in total. The maximum atomic E-state index is 5.76. The molecule has 0 aliphatic rings. The number of nitrogens with two attached hydrogens (primary N) is 2. The molecule has 0 unspecified atom stereocenters. The van der Waals surface area contributed by atoms with E-state index in [0.29, 0.717) is 28.7 Å². The predicted octanol–water partition coefficient (Wildman–Crippen LogP) is 2.27. The van der Waals surface area contributed by atoms with Crippen LogP contribution in [0.4, 0.5) is 11.4 Å². The molecule has 0 bridgehead atoms. The lowest BCUT2D eigenvalue weighted by atomic mass is 10.1. The van der Waals surface area contributed by atoms with Crippen molar-refractivity contribution in [1.29, 1.82) is 0 Å². The summed E-state index contributed by atoms with van der Waals surface area (Å²) in [5.41, 5.74) is 15.2. The maximum Gasteiger partial charge on any atom is 0.258 e. The van der Waals surface area contributed by atoms with Gasteiger partial charge >= 0.3 is 0 Å². The van der Waals surface area contributed by atoms with Crippen molar-refractivity contribution in [2.24, 2.45) is 0 Å². The molecule has 0 aliphatic carbocycles. The van der Waals surface area contributed by atoms with E-state index in [-0.39, 0.29) is 0 Å². The molecule has 0 saturated carbocycles. The van der Waals surface area contributed by atoms with Gasteiger partial charge in [0.25, 0.3) is 5.89 Å². The smallest absolute Gasteiger partial charge is 0.258 e. The Bertz CT molecular complexity index is 746. The number of hydrogen-bond donors (Lipinski definition) is 2.